The summed E-state index contributed by atoms with van der Waals surface area (Å²) in [5.41, 5.74) is 2.96. The third-order valence-electron chi connectivity index (χ3n) is 3.17. The molecule has 0 bridgehead atoms. The molecular formula is C16H14Cl3NO5S. The van der Waals surface area contributed by atoms with Crippen LogP contribution < -0.4 is 5.48 Å². The van der Waals surface area contributed by atoms with Gasteiger partial charge in [-0.2, -0.15) is 13.9 Å². The summed E-state index contributed by atoms with van der Waals surface area (Å²) in [5.74, 6) is 0. The first kappa shape index (κ1) is 20.8. The smallest absolute Gasteiger partial charge is 0.433 e. The van der Waals surface area contributed by atoms with E-state index in [2.05, 4.69) is 4.28 Å². The van der Waals surface area contributed by atoms with Crippen LogP contribution in [-0.2, 0) is 19.1 Å². The summed E-state index contributed by atoms with van der Waals surface area (Å²) in [5, 5.41) is 0. The molecule has 0 saturated heterocycles. The quantitative estimate of drug-likeness (QED) is 0.551. The number of carbonyl (C=O) groups is 1. The van der Waals surface area contributed by atoms with Gasteiger partial charge in [0.2, 0.25) is 3.79 Å². The second kappa shape index (κ2) is 8.45. The Morgan fingerprint density at radius 3 is 2.15 bits per heavy atom. The molecule has 0 aliphatic carbocycles. The molecule has 0 heterocycles. The number of benzene rings is 2. The molecule has 2 aromatic carbocycles. The summed E-state index contributed by atoms with van der Waals surface area (Å²) in [6.07, 6.45) is -2.51. The Morgan fingerprint density at radius 2 is 1.62 bits per heavy atom. The fourth-order valence-corrected chi connectivity index (χ4v) is 3.18. The zero-order valence-corrected chi connectivity index (χ0v) is 16.4. The molecular weight excluding hydrogens is 425 g/mol. The Hall–Kier alpha value is -1.51. The third-order valence-corrected chi connectivity index (χ3v) is 4.92. The summed E-state index contributed by atoms with van der Waals surface area (Å²) >= 11 is 17.5. The maximum atomic E-state index is 12.0. The van der Waals surface area contributed by atoms with Crippen molar-refractivity contribution in [2.24, 2.45) is 0 Å². The van der Waals surface area contributed by atoms with E-state index in [4.69, 9.17) is 39.5 Å². The molecule has 26 heavy (non-hydrogen) atoms. The highest BCUT2D eigenvalue weighted by Crippen LogP contribution is 2.42. The van der Waals surface area contributed by atoms with Gasteiger partial charge >= 0.3 is 16.2 Å². The lowest BCUT2D eigenvalue weighted by Gasteiger charge is -2.24. The molecule has 1 N–H and O–H groups in total. The molecule has 0 aliphatic heterocycles. The third kappa shape index (κ3) is 5.75. The van der Waals surface area contributed by atoms with Gasteiger partial charge in [0.15, 0.2) is 6.10 Å². The number of hydrogen-bond donors (Lipinski definition) is 1. The van der Waals surface area contributed by atoms with Crippen LogP contribution in [0.2, 0.25) is 0 Å². The molecule has 0 radical (unpaired) electrons. The number of hydrogen-bond acceptors (Lipinski definition) is 5. The molecule has 140 valence electrons. The maximum absolute atomic E-state index is 12.0. The molecule has 2 aromatic rings. The number of amides is 1. The molecule has 10 heteroatoms. The van der Waals surface area contributed by atoms with Gasteiger partial charge in [-0.15, -0.1) is 4.28 Å². The van der Waals surface area contributed by atoms with E-state index in [0.29, 0.717) is 5.56 Å². The zero-order chi connectivity index (χ0) is 19.4. The molecule has 1 atom stereocenters. The average Bonchev–Trinajstić information content (AvgIpc) is 2.58. The van der Waals surface area contributed by atoms with Gasteiger partial charge in [0, 0.05) is 0 Å². The Morgan fingerprint density at radius 1 is 1.04 bits per heavy atom. The Bertz CT molecular complexity index is 852. The predicted octanol–water partition coefficient (Wildman–Crippen LogP) is 4.45. The van der Waals surface area contributed by atoms with E-state index < -0.39 is 26.1 Å². The first-order valence-corrected chi connectivity index (χ1v) is 9.72. The molecule has 2 rings (SSSR count). The molecule has 0 aromatic heterocycles. The van der Waals surface area contributed by atoms with Crippen molar-refractivity contribution in [3.8, 4) is 0 Å². The van der Waals surface area contributed by atoms with E-state index >= 15 is 0 Å². The SMILES string of the molecule is Cc1ccc(S(=O)(=O)ONC(=O)O[C@@H](c2ccccc2)C(Cl)(Cl)Cl)cc1. The van der Waals surface area contributed by atoms with E-state index in [-0.39, 0.29) is 4.90 Å². The number of hydroxylamine groups is 1. The highest BCUT2D eigenvalue weighted by atomic mass is 35.6. The minimum atomic E-state index is -4.22. The van der Waals surface area contributed by atoms with Crippen molar-refractivity contribution in [3.63, 3.8) is 0 Å². The minimum Gasteiger partial charge on any atom is -0.435 e. The second-order valence-corrected chi connectivity index (χ2v) is 9.11. The summed E-state index contributed by atoms with van der Waals surface area (Å²) in [6.45, 7) is 1.80. The van der Waals surface area contributed by atoms with Gasteiger partial charge in [0.05, 0.1) is 4.90 Å². The largest absolute Gasteiger partial charge is 0.435 e. The highest BCUT2D eigenvalue weighted by molar-refractivity contribution is 7.86. The van der Waals surface area contributed by atoms with Gasteiger partial charge in [-0.3, -0.25) is 0 Å². The van der Waals surface area contributed by atoms with Crippen molar-refractivity contribution in [2.45, 2.75) is 21.7 Å². The topological polar surface area (TPSA) is 81.7 Å². The monoisotopic (exact) mass is 437 g/mol. The van der Waals surface area contributed by atoms with E-state index in [0.717, 1.165) is 5.56 Å². The normalized spacial score (nSPS) is 13.1. The van der Waals surface area contributed by atoms with Gasteiger partial charge in [-0.05, 0) is 24.6 Å². The highest BCUT2D eigenvalue weighted by Gasteiger charge is 2.37. The molecule has 6 nitrogen and oxygen atoms in total. The number of nitrogens with one attached hydrogen (secondary N) is 1. The number of aryl methyl sites for hydroxylation is 1. The maximum Gasteiger partial charge on any atom is 0.433 e. The zero-order valence-electron chi connectivity index (χ0n) is 13.4. The number of carbonyl (C=O) groups excluding carboxylic acids is 1. The van der Waals surface area contributed by atoms with Gasteiger partial charge in [-0.25, -0.2) is 4.79 Å². The van der Waals surface area contributed by atoms with Crippen molar-refractivity contribution in [1.82, 2.24) is 5.48 Å². The van der Waals surface area contributed by atoms with Crippen molar-refractivity contribution in [1.29, 1.82) is 0 Å². The number of halogens is 3. The van der Waals surface area contributed by atoms with Gasteiger partial charge in [-0.1, -0.05) is 82.8 Å². The van der Waals surface area contributed by atoms with Gasteiger partial charge in [0.25, 0.3) is 0 Å². The lowest BCUT2D eigenvalue weighted by molar-refractivity contribution is 0.0670. The van der Waals surface area contributed by atoms with E-state index in [1.807, 2.05) is 0 Å². The van der Waals surface area contributed by atoms with Crippen LogP contribution >= 0.6 is 34.8 Å². The standard InChI is InChI=1S/C16H14Cl3NO5S/c1-11-7-9-13(10-8-11)26(22,23)25-20-15(21)24-14(16(17,18)19)12-5-3-2-4-6-12/h2-10,14H,1H3,(H,20,21)/t14-/m0/s1. The van der Waals surface area contributed by atoms with Gasteiger partial charge < -0.3 is 4.74 Å². The Labute approximate surface area is 166 Å². The van der Waals surface area contributed by atoms with Crippen LogP contribution in [0.15, 0.2) is 59.5 Å². The van der Waals surface area contributed by atoms with Crippen LogP contribution in [0.5, 0.6) is 0 Å². The molecule has 0 saturated carbocycles. The van der Waals surface area contributed by atoms with Crippen molar-refractivity contribution in [3.05, 3.63) is 65.7 Å². The van der Waals surface area contributed by atoms with E-state index in [1.165, 1.54) is 12.1 Å². The number of ether oxygens (including phenoxy) is 1. The first-order valence-electron chi connectivity index (χ1n) is 7.18. The molecule has 0 aliphatic rings. The van der Waals surface area contributed by atoms with E-state index in [1.54, 1.807) is 54.9 Å². The summed E-state index contributed by atoms with van der Waals surface area (Å²) in [4.78, 5) is 11.8. The van der Waals surface area contributed by atoms with Crippen molar-refractivity contribution < 1.29 is 22.2 Å². The second-order valence-electron chi connectivity index (χ2n) is 5.19. The van der Waals surface area contributed by atoms with Crippen LogP contribution in [-0.4, -0.2) is 18.3 Å². The van der Waals surface area contributed by atoms with Crippen molar-refractivity contribution in [2.75, 3.05) is 0 Å². The number of alkyl halides is 3. The van der Waals surface area contributed by atoms with Gasteiger partial charge in [0.1, 0.15) is 0 Å². The summed E-state index contributed by atoms with van der Waals surface area (Å²) in [7, 11) is -4.22. The lowest BCUT2D eigenvalue weighted by atomic mass is 10.1. The van der Waals surface area contributed by atoms with Crippen LogP contribution in [0.3, 0.4) is 0 Å². The molecule has 0 fully saturated rings. The fraction of sp³-hybridized carbons (Fsp3) is 0.188. The fourth-order valence-electron chi connectivity index (χ4n) is 1.92. The summed E-state index contributed by atoms with van der Waals surface area (Å²) < 4.78 is 31.6. The lowest BCUT2D eigenvalue weighted by Crippen LogP contribution is -2.32. The number of rotatable bonds is 5. The van der Waals surface area contributed by atoms with Crippen LogP contribution in [0, 0.1) is 6.92 Å². The molecule has 0 unspecified atom stereocenters. The molecule has 1 amide bonds. The van der Waals surface area contributed by atoms with Crippen LogP contribution in [0.25, 0.3) is 0 Å². The van der Waals surface area contributed by atoms with E-state index in [9.17, 15) is 13.2 Å². The molecule has 0 spiro atoms. The predicted molar refractivity (Wildman–Crippen MR) is 98.5 cm³/mol. The average molecular weight is 439 g/mol. The van der Waals surface area contributed by atoms with Crippen LogP contribution in [0.1, 0.15) is 17.2 Å². The van der Waals surface area contributed by atoms with Crippen LogP contribution in [0.4, 0.5) is 4.79 Å². The minimum absolute atomic E-state index is 0.135. The van der Waals surface area contributed by atoms with Crippen molar-refractivity contribution >= 4 is 51.0 Å². The first-order chi connectivity index (χ1) is 12.1. The Balaban J connectivity index is 2.05. The Kier molecular flexibility index (Phi) is 6.76. The summed E-state index contributed by atoms with van der Waals surface area (Å²) in [6, 6.07) is 14.1.